The van der Waals surface area contributed by atoms with E-state index in [4.69, 9.17) is 0 Å². The van der Waals surface area contributed by atoms with Gasteiger partial charge in [0.25, 0.3) is 10.0 Å². The number of anilines is 1. The van der Waals surface area contributed by atoms with Crippen LogP contribution in [-0.2, 0) is 16.4 Å². The zero-order valence-corrected chi connectivity index (χ0v) is 15.0. The molecule has 0 spiro atoms. The Labute approximate surface area is 152 Å². The van der Waals surface area contributed by atoms with E-state index >= 15 is 0 Å². The largest absolute Gasteiger partial charge is 0.266 e. The Hall–Kier alpha value is -2.73. The molecule has 2 heterocycles. The molecule has 1 aliphatic rings. The first-order valence-electron chi connectivity index (χ1n) is 8.29. The van der Waals surface area contributed by atoms with Crippen molar-refractivity contribution >= 4 is 15.7 Å². The number of aromatic nitrogens is 1. The lowest BCUT2D eigenvalue weighted by Crippen LogP contribution is -2.29. The predicted molar refractivity (Wildman–Crippen MR) is 99.0 cm³/mol. The number of rotatable bonds is 3. The molecular weight excluding hydrogens is 351 g/mol. The summed E-state index contributed by atoms with van der Waals surface area (Å²) in [6.07, 6.45) is 4.11. The lowest BCUT2D eigenvalue weighted by atomic mass is 10.0. The second-order valence-electron chi connectivity index (χ2n) is 6.32. The average molecular weight is 368 g/mol. The first-order valence-corrected chi connectivity index (χ1v) is 9.73. The Morgan fingerprint density at radius 3 is 2.50 bits per heavy atom. The Morgan fingerprint density at radius 1 is 1.00 bits per heavy atom. The van der Waals surface area contributed by atoms with Gasteiger partial charge in [-0.3, -0.25) is 9.29 Å². The van der Waals surface area contributed by atoms with Crippen LogP contribution in [0.4, 0.5) is 10.1 Å². The molecule has 0 saturated carbocycles. The number of hydrogen-bond acceptors (Lipinski definition) is 3. The Morgan fingerprint density at radius 2 is 1.77 bits per heavy atom. The molecule has 26 heavy (non-hydrogen) atoms. The van der Waals surface area contributed by atoms with Crippen molar-refractivity contribution in [1.29, 1.82) is 0 Å². The quantitative estimate of drug-likeness (QED) is 0.703. The minimum Gasteiger partial charge on any atom is -0.266 e. The van der Waals surface area contributed by atoms with Crippen LogP contribution in [0.5, 0.6) is 0 Å². The maximum atomic E-state index is 13.5. The third-order valence-corrected chi connectivity index (χ3v) is 6.47. The highest BCUT2D eigenvalue weighted by atomic mass is 32.2. The third kappa shape index (κ3) is 2.76. The smallest absolute Gasteiger partial charge is 0.264 e. The van der Waals surface area contributed by atoms with Crippen LogP contribution in [-0.4, -0.2) is 19.9 Å². The number of sulfonamides is 1. The summed E-state index contributed by atoms with van der Waals surface area (Å²) in [5, 5.41) is 0. The summed E-state index contributed by atoms with van der Waals surface area (Å²) in [5.74, 6) is -0.409. The van der Waals surface area contributed by atoms with Crippen LogP contribution < -0.4 is 4.31 Å². The molecule has 4 nitrogen and oxygen atoms in total. The molecule has 1 aromatic heterocycles. The Balaban J connectivity index is 1.72. The fourth-order valence-electron chi connectivity index (χ4n) is 3.25. The second kappa shape index (κ2) is 6.21. The van der Waals surface area contributed by atoms with Crippen LogP contribution in [0.3, 0.4) is 0 Å². The van der Waals surface area contributed by atoms with E-state index < -0.39 is 15.8 Å². The third-order valence-electron chi connectivity index (χ3n) is 4.66. The fraction of sp³-hybridized carbons (Fsp3) is 0.150. The van der Waals surface area contributed by atoms with Crippen molar-refractivity contribution in [3.63, 3.8) is 0 Å². The Kier molecular flexibility index (Phi) is 4.00. The van der Waals surface area contributed by atoms with Gasteiger partial charge in [-0.2, -0.15) is 0 Å². The number of benzene rings is 2. The van der Waals surface area contributed by atoms with Gasteiger partial charge >= 0.3 is 0 Å². The summed E-state index contributed by atoms with van der Waals surface area (Å²) in [4.78, 5) is 4.13. The van der Waals surface area contributed by atoms with Gasteiger partial charge in [-0.15, -0.1) is 0 Å². The summed E-state index contributed by atoms with van der Waals surface area (Å²) in [5.41, 5.74) is 4.06. The first kappa shape index (κ1) is 16.7. The molecule has 2 aromatic carbocycles. The SMILES string of the molecule is Cc1cc(S(=O)(=O)N2CCc3cc(-c4ccncc4)ccc32)ccc1F. The molecule has 1 aliphatic heterocycles. The topological polar surface area (TPSA) is 50.3 Å². The highest BCUT2D eigenvalue weighted by Crippen LogP contribution is 2.35. The van der Waals surface area contributed by atoms with Crippen LogP contribution in [0, 0.1) is 12.7 Å². The highest BCUT2D eigenvalue weighted by Gasteiger charge is 2.31. The lowest BCUT2D eigenvalue weighted by molar-refractivity contribution is 0.590. The molecule has 132 valence electrons. The molecule has 4 rings (SSSR count). The molecule has 0 amide bonds. The minimum atomic E-state index is -3.71. The number of halogens is 1. The standard InChI is InChI=1S/C20H17FN2O2S/c1-14-12-18(3-4-19(14)21)26(24,25)23-11-8-17-13-16(2-5-20(17)23)15-6-9-22-10-7-15/h2-7,9-10,12-13H,8,11H2,1H3. The van der Waals surface area contributed by atoms with E-state index in [0.717, 1.165) is 16.7 Å². The highest BCUT2D eigenvalue weighted by molar-refractivity contribution is 7.92. The average Bonchev–Trinajstić information content (AvgIpc) is 3.08. The summed E-state index contributed by atoms with van der Waals surface area (Å²) < 4.78 is 40.9. The molecule has 0 saturated heterocycles. The van der Waals surface area contributed by atoms with Gasteiger partial charge in [0.2, 0.25) is 0 Å². The van der Waals surface area contributed by atoms with E-state index in [1.165, 1.54) is 22.5 Å². The van der Waals surface area contributed by atoms with Crippen molar-refractivity contribution in [3.05, 3.63) is 77.9 Å². The molecule has 0 bridgehead atoms. The first-order chi connectivity index (χ1) is 12.5. The molecular formula is C20H17FN2O2S. The van der Waals surface area contributed by atoms with Gasteiger partial charge < -0.3 is 0 Å². The normalized spacial score (nSPS) is 13.7. The summed E-state index contributed by atoms with van der Waals surface area (Å²) >= 11 is 0. The fourth-order valence-corrected chi connectivity index (χ4v) is 4.84. The second-order valence-corrected chi connectivity index (χ2v) is 8.18. The van der Waals surface area contributed by atoms with Crippen molar-refractivity contribution in [1.82, 2.24) is 4.98 Å². The van der Waals surface area contributed by atoms with Gasteiger partial charge in [-0.05, 0) is 78.1 Å². The summed E-state index contributed by atoms with van der Waals surface area (Å²) in [6.45, 7) is 1.95. The number of pyridine rings is 1. The number of nitrogens with zero attached hydrogens (tertiary/aromatic N) is 2. The van der Waals surface area contributed by atoms with E-state index in [0.29, 0.717) is 24.2 Å². The lowest BCUT2D eigenvalue weighted by Gasteiger charge is -2.20. The van der Waals surface area contributed by atoms with E-state index in [2.05, 4.69) is 4.98 Å². The monoisotopic (exact) mass is 368 g/mol. The van der Waals surface area contributed by atoms with Crippen LogP contribution >= 0.6 is 0 Å². The molecule has 0 atom stereocenters. The van der Waals surface area contributed by atoms with Crippen LogP contribution in [0.2, 0.25) is 0 Å². The molecule has 0 aliphatic carbocycles. The Bertz CT molecular complexity index is 1080. The van der Waals surface area contributed by atoms with Gasteiger partial charge in [0.05, 0.1) is 10.6 Å². The molecule has 0 unspecified atom stereocenters. The molecule has 0 N–H and O–H groups in total. The van der Waals surface area contributed by atoms with Crippen molar-refractivity contribution in [2.45, 2.75) is 18.2 Å². The minimum absolute atomic E-state index is 0.113. The van der Waals surface area contributed by atoms with Gasteiger partial charge in [-0.25, -0.2) is 12.8 Å². The van der Waals surface area contributed by atoms with Crippen molar-refractivity contribution in [2.75, 3.05) is 10.8 Å². The van der Waals surface area contributed by atoms with Crippen molar-refractivity contribution < 1.29 is 12.8 Å². The van der Waals surface area contributed by atoms with Gasteiger partial charge in [0.15, 0.2) is 0 Å². The maximum absolute atomic E-state index is 13.5. The van der Waals surface area contributed by atoms with E-state index in [9.17, 15) is 12.8 Å². The summed E-state index contributed by atoms with van der Waals surface area (Å²) in [7, 11) is -3.71. The molecule has 0 radical (unpaired) electrons. The van der Waals surface area contributed by atoms with Crippen LogP contribution in [0.25, 0.3) is 11.1 Å². The van der Waals surface area contributed by atoms with E-state index in [1.807, 2.05) is 30.3 Å². The van der Waals surface area contributed by atoms with Crippen LogP contribution in [0.15, 0.2) is 65.8 Å². The van der Waals surface area contributed by atoms with Gasteiger partial charge in [0, 0.05) is 18.9 Å². The molecule has 0 fully saturated rings. The summed E-state index contributed by atoms with van der Waals surface area (Å²) in [6, 6.07) is 13.5. The molecule has 3 aromatic rings. The van der Waals surface area contributed by atoms with E-state index in [-0.39, 0.29) is 4.90 Å². The molecule has 6 heteroatoms. The van der Waals surface area contributed by atoms with Crippen molar-refractivity contribution in [2.24, 2.45) is 0 Å². The van der Waals surface area contributed by atoms with Crippen LogP contribution in [0.1, 0.15) is 11.1 Å². The van der Waals surface area contributed by atoms with Gasteiger partial charge in [-0.1, -0.05) is 6.07 Å². The predicted octanol–water partition coefficient (Wildman–Crippen LogP) is 3.95. The maximum Gasteiger partial charge on any atom is 0.264 e. The zero-order chi connectivity index (χ0) is 18.3. The number of fused-ring (bicyclic) bond motifs is 1. The van der Waals surface area contributed by atoms with Crippen molar-refractivity contribution in [3.8, 4) is 11.1 Å². The number of aryl methyl sites for hydroxylation is 1. The zero-order valence-electron chi connectivity index (χ0n) is 14.2. The number of hydrogen-bond donors (Lipinski definition) is 0. The van der Waals surface area contributed by atoms with E-state index in [1.54, 1.807) is 19.3 Å². The van der Waals surface area contributed by atoms with Gasteiger partial charge in [0.1, 0.15) is 5.82 Å².